The first-order valence-corrected chi connectivity index (χ1v) is 5.29. The van der Waals surface area contributed by atoms with Gasteiger partial charge in [-0.25, -0.2) is 0 Å². The number of anilines is 1. The Bertz CT molecular complexity index is 404. The minimum absolute atomic E-state index is 0.393. The van der Waals surface area contributed by atoms with Crippen molar-refractivity contribution in [2.24, 2.45) is 0 Å². The third-order valence-electron chi connectivity index (χ3n) is 2.86. The monoisotopic (exact) mass is 223 g/mol. The zero-order valence-corrected chi connectivity index (χ0v) is 10.1. The first-order chi connectivity index (χ1) is 7.71. The number of rotatable bonds is 3. The fraction of sp³-hybridized carbons (Fsp3) is 0.500. The van der Waals surface area contributed by atoms with E-state index < -0.39 is 0 Å². The second-order valence-corrected chi connectivity index (χ2v) is 3.92. The summed E-state index contributed by atoms with van der Waals surface area (Å²) in [6.45, 7) is 2.13. The Kier molecular flexibility index (Phi) is 2.81. The fourth-order valence-electron chi connectivity index (χ4n) is 2.15. The van der Waals surface area contributed by atoms with Crippen LogP contribution in [0.5, 0.6) is 17.2 Å². The van der Waals surface area contributed by atoms with Gasteiger partial charge in [0.15, 0.2) is 11.5 Å². The van der Waals surface area contributed by atoms with Crippen LogP contribution in [0.2, 0.25) is 0 Å². The number of fused-ring (bicyclic) bond motifs is 1. The van der Waals surface area contributed by atoms with Crippen LogP contribution < -0.4 is 19.5 Å². The van der Waals surface area contributed by atoms with Crippen LogP contribution >= 0.6 is 0 Å². The van der Waals surface area contributed by atoms with Gasteiger partial charge in [0.25, 0.3) is 0 Å². The zero-order valence-electron chi connectivity index (χ0n) is 10.1. The van der Waals surface area contributed by atoms with Gasteiger partial charge in [0.1, 0.15) is 5.75 Å². The van der Waals surface area contributed by atoms with E-state index in [1.165, 1.54) is 0 Å². The molecule has 1 N–H and O–H groups in total. The smallest absolute Gasteiger partial charge is 0.184 e. The van der Waals surface area contributed by atoms with Gasteiger partial charge in [-0.15, -0.1) is 0 Å². The van der Waals surface area contributed by atoms with Gasteiger partial charge in [-0.2, -0.15) is 0 Å². The van der Waals surface area contributed by atoms with Crippen molar-refractivity contribution in [3.05, 3.63) is 11.6 Å². The summed E-state index contributed by atoms with van der Waals surface area (Å²) in [5.41, 5.74) is 2.15. The maximum atomic E-state index is 5.38. The molecule has 0 spiro atoms. The van der Waals surface area contributed by atoms with E-state index in [1.54, 1.807) is 21.3 Å². The Balaban J connectivity index is 2.59. The molecule has 0 radical (unpaired) electrons. The van der Waals surface area contributed by atoms with E-state index in [0.717, 1.165) is 29.2 Å². The SMILES string of the molecule is COc1cc(OC)c(OC)c2c1CC(C)N2. The molecule has 0 saturated heterocycles. The fourth-order valence-corrected chi connectivity index (χ4v) is 2.15. The van der Waals surface area contributed by atoms with E-state index in [2.05, 4.69) is 12.2 Å². The Labute approximate surface area is 95.5 Å². The van der Waals surface area contributed by atoms with Gasteiger partial charge in [0, 0.05) is 17.7 Å². The lowest BCUT2D eigenvalue weighted by Gasteiger charge is -2.15. The third-order valence-corrected chi connectivity index (χ3v) is 2.86. The summed E-state index contributed by atoms with van der Waals surface area (Å²) in [5, 5.41) is 3.38. The lowest BCUT2D eigenvalue weighted by Crippen LogP contribution is -2.09. The molecule has 0 saturated carbocycles. The minimum atomic E-state index is 0.393. The van der Waals surface area contributed by atoms with Crippen molar-refractivity contribution in [1.29, 1.82) is 0 Å². The molecule has 88 valence electrons. The minimum Gasteiger partial charge on any atom is -0.496 e. The molecule has 1 atom stereocenters. The number of ether oxygens (including phenoxy) is 3. The predicted molar refractivity (Wildman–Crippen MR) is 62.9 cm³/mol. The van der Waals surface area contributed by atoms with Gasteiger partial charge < -0.3 is 19.5 Å². The summed E-state index contributed by atoms with van der Waals surface area (Å²) in [7, 11) is 4.95. The maximum Gasteiger partial charge on any atom is 0.184 e. The van der Waals surface area contributed by atoms with E-state index in [9.17, 15) is 0 Å². The van der Waals surface area contributed by atoms with Gasteiger partial charge in [0.2, 0.25) is 0 Å². The first kappa shape index (κ1) is 10.9. The van der Waals surface area contributed by atoms with E-state index in [0.29, 0.717) is 11.8 Å². The average molecular weight is 223 g/mol. The number of hydrogen-bond donors (Lipinski definition) is 1. The second kappa shape index (κ2) is 4.12. The highest BCUT2D eigenvalue weighted by Crippen LogP contribution is 2.46. The molecule has 1 aromatic rings. The van der Waals surface area contributed by atoms with Crippen LogP contribution in [-0.2, 0) is 6.42 Å². The van der Waals surface area contributed by atoms with Crippen molar-refractivity contribution in [1.82, 2.24) is 0 Å². The first-order valence-electron chi connectivity index (χ1n) is 5.29. The van der Waals surface area contributed by atoms with Crippen molar-refractivity contribution < 1.29 is 14.2 Å². The van der Waals surface area contributed by atoms with Crippen LogP contribution in [-0.4, -0.2) is 27.4 Å². The molecule has 0 aliphatic carbocycles. The normalized spacial score (nSPS) is 17.6. The maximum absolute atomic E-state index is 5.38. The van der Waals surface area contributed by atoms with E-state index in [1.807, 2.05) is 6.07 Å². The standard InChI is InChI=1S/C12H17NO3/c1-7-5-8-9(14-2)6-10(15-3)12(16-4)11(8)13-7/h6-7,13H,5H2,1-4H3. The van der Waals surface area contributed by atoms with Gasteiger partial charge in [-0.3, -0.25) is 0 Å². The predicted octanol–water partition coefficient (Wildman–Crippen LogP) is 2.07. The zero-order chi connectivity index (χ0) is 11.7. The summed E-state index contributed by atoms with van der Waals surface area (Å²) in [6, 6.07) is 2.27. The highest BCUT2D eigenvalue weighted by atomic mass is 16.5. The number of benzene rings is 1. The molecule has 0 amide bonds. The van der Waals surface area contributed by atoms with Crippen LogP contribution in [0.1, 0.15) is 12.5 Å². The molecule has 0 bridgehead atoms. The van der Waals surface area contributed by atoms with Crippen LogP contribution in [0.25, 0.3) is 0 Å². The summed E-state index contributed by atoms with van der Waals surface area (Å²) in [4.78, 5) is 0. The summed E-state index contributed by atoms with van der Waals surface area (Å²) in [6.07, 6.45) is 0.943. The van der Waals surface area contributed by atoms with Crippen LogP contribution in [0.15, 0.2) is 6.07 Å². The Morgan fingerprint density at radius 3 is 2.38 bits per heavy atom. The lowest BCUT2D eigenvalue weighted by molar-refractivity contribution is 0.350. The van der Waals surface area contributed by atoms with Crippen LogP contribution in [0, 0.1) is 0 Å². The summed E-state index contributed by atoms with van der Waals surface area (Å²) >= 11 is 0. The molecule has 1 aromatic carbocycles. The molecular weight excluding hydrogens is 206 g/mol. The summed E-state index contributed by atoms with van der Waals surface area (Å²) < 4.78 is 16.0. The molecule has 0 aromatic heterocycles. The molecular formula is C12H17NO3. The average Bonchev–Trinajstić information content (AvgIpc) is 2.67. The van der Waals surface area contributed by atoms with Crippen molar-refractivity contribution in [3.8, 4) is 17.2 Å². The highest BCUT2D eigenvalue weighted by Gasteiger charge is 2.27. The largest absolute Gasteiger partial charge is 0.496 e. The van der Waals surface area contributed by atoms with Crippen molar-refractivity contribution >= 4 is 5.69 Å². The van der Waals surface area contributed by atoms with Crippen LogP contribution in [0.3, 0.4) is 0 Å². The third kappa shape index (κ3) is 1.54. The van der Waals surface area contributed by atoms with E-state index >= 15 is 0 Å². The van der Waals surface area contributed by atoms with Gasteiger partial charge in [-0.05, 0) is 13.3 Å². The van der Waals surface area contributed by atoms with Gasteiger partial charge in [0.05, 0.1) is 27.0 Å². The van der Waals surface area contributed by atoms with E-state index in [4.69, 9.17) is 14.2 Å². The Hall–Kier alpha value is -1.58. The van der Waals surface area contributed by atoms with Crippen molar-refractivity contribution in [2.75, 3.05) is 26.6 Å². The van der Waals surface area contributed by atoms with Gasteiger partial charge >= 0.3 is 0 Å². The molecule has 1 heterocycles. The van der Waals surface area contributed by atoms with Crippen LogP contribution in [0.4, 0.5) is 5.69 Å². The Morgan fingerprint density at radius 1 is 1.12 bits per heavy atom. The molecule has 0 fully saturated rings. The molecule has 2 rings (SSSR count). The Morgan fingerprint density at radius 2 is 1.81 bits per heavy atom. The number of methoxy groups -OCH3 is 3. The van der Waals surface area contributed by atoms with E-state index in [-0.39, 0.29) is 0 Å². The topological polar surface area (TPSA) is 39.7 Å². The molecule has 1 unspecified atom stereocenters. The van der Waals surface area contributed by atoms with Crippen molar-refractivity contribution in [2.45, 2.75) is 19.4 Å². The number of hydrogen-bond acceptors (Lipinski definition) is 4. The molecule has 16 heavy (non-hydrogen) atoms. The molecule has 4 nitrogen and oxygen atoms in total. The lowest BCUT2D eigenvalue weighted by atomic mass is 10.1. The van der Waals surface area contributed by atoms with Crippen molar-refractivity contribution in [3.63, 3.8) is 0 Å². The summed E-state index contributed by atoms with van der Waals surface area (Å²) in [5.74, 6) is 2.30. The number of nitrogens with one attached hydrogen (secondary N) is 1. The second-order valence-electron chi connectivity index (χ2n) is 3.92. The quantitative estimate of drug-likeness (QED) is 0.851. The molecule has 4 heteroatoms. The van der Waals surface area contributed by atoms with Gasteiger partial charge in [-0.1, -0.05) is 0 Å². The molecule has 1 aliphatic rings. The highest BCUT2D eigenvalue weighted by molar-refractivity contribution is 5.75. The molecule has 1 aliphatic heterocycles.